The fraction of sp³-hybridized carbons (Fsp3) is 0.516. The summed E-state index contributed by atoms with van der Waals surface area (Å²) in [6, 6.07) is 17.8. The third-order valence-electron chi connectivity index (χ3n) is 8.77. The third-order valence-corrected chi connectivity index (χ3v) is 10.8. The number of hydrogen-bond donors (Lipinski definition) is 3. The van der Waals surface area contributed by atoms with Gasteiger partial charge in [0.1, 0.15) is 6.04 Å². The van der Waals surface area contributed by atoms with Gasteiger partial charge in [-0.15, -0.1) is 11.8 Å². The maximum Gasteiger partial charge on any atom is 0.244 e. The highest BCUT2D eigenvalue weighted by Crippen LogP contribution is 2.68. The number of likely N-dealkylation sites (tertiary alicyclic amines) is 1. The molecule has 3 fully saturated rings. The second-order valence-electron chi connectivity index (χ2n) is 11.2. The molecule has 0 saturated carbocycles. The summed E-state index contributed by atoms with van der Waals surface area (Å²) in [6.07, 6.45) is 4.16. The zero-order chi connectivity index (χ0) is 27.6. The summed E-state index contributed by atoms with van der Waals surface area (Å²) in [5.41, 5.74) is 1.69. The number of benzene rings is 2. The number of amides is 3. The normalized spacial score (nSPS) is 29.8. The first-order valence-electron chi connectivity index (χ1n) is 14.2. The Hall–Kier alpha value is -2.84. The maximum absolute atomic E-state index is 14.4. The summed E-state index contributed by atoms with van der Waals surface area (Å²) < 4.78 is -0.709. The van der Waals surface area contributed by atoms with Gasteiger partial charge >= 0.3 is 0 Å². The molecule has 7 atom stereocenters. The molecule has 2 aromatic carbocycles. The Labute approximate surface area is 235 Å². The van der Waals surface area contributed by atoms with Crippen LogP contribution in [-0.2, 0) is 20.8 Å². The van der Waals surface area contributed by atoms with E-state index in [1.165, 1.54) is 0 Å². The predicted molar refractivity (Wildman–Crippen MR) is 154 cm³/mol. The van der Waals surface area contributed by atoms with Gasteiger partial charge in [-0.2, -0.15) is 0 Å². The molecule has 5 rings (SSSR count). The number of aliphatic hydroxyl groups excluding tert-OH is 1. The zero-order valence-electron chi connectivity index (χ0n) is 22.7. The van der Waals surface area contributed by atoms with Crippen LogP contribution >= 0.6 is 11.8 Å². The van der Waals surface area contributed by atoms with Crippen molar-refractivity contribution in [3.8, 4) is 0 Å². The van der Waals surface area contributed by atoms with Crippen LogP contribution in [0.2, 0.25) is 0 Å². The summed E-state index contributed by atoms with van der Waals surface area (Å²) >= 11 is 1.66. The first-order valence-corrected chi connectivity index (χ1v) is 15.1. The van der Waals surface area contributed by atoms with Crippen molar-refractivity contribution in [3.05, 3.63) is 66.2 Å². The van der Waals surface area contributed by atoms with Crippen molar-refractivity contribution in [2.24, 2.45) is 17.8 Å². The molecule has 3 heterocycles. The monoisotopic (exact) mass is 549 g/mol. The Kier molecular flexibility index (Phi) is 8.33. The highest BCUT2D eigenvalue weighted by Gasteiger charge is 2.76. The van der Waals surface area contributed by atoms with E-state index in [1.807, 2.05) is 60.7 Å². The lowest BCUT2D eigenvalue weighted by Gasteiger charge is -2.40. The predicted octanol–water partition coefficient (Wildman–Crippen LogP) is 3.87. The molecule has 0 aliphatic carbocycles. The van der Waals surface area contributed by atoms with E-state index in [4.69, 9.17) is 0 Å². The van der Waals surface area contributed by atoms with Crippen LogP contribution in [0.5, 0.6) is 0 Å². The van der Waals surface area contributed by atoms with E-state index >= 15 is 0 Å². The van der Waals surface area contributed by atoms with Crippen molar-refractivity contribution >= 4 is 35.2 Å². The highest BCUT2D eigenvalue weighted by molar-refractivity contribution is 8.02. The summed E-state index contributed by atoms with van der Waals surface area (Å²) in [4.78, 5) is 43.7. The minimum Gasteiger partial charge on any atom is -0.394 e. The Morgan fingerprint density at radius 3 is 2.44 bits per heavy atom. The molecule has 208 valence electrons. The Balaban J connectivity index is 1.50. The van der Waals surface area contributed by atoms with Crippen molar-refractivity contribution in [3.63, 3.8) is 0 Å². The Morgan fingerprint density at radius 1 is 1.08 bits per heavy atom. The highest BCUT2D eigenvalue weighted by atomic mass is 32.2. The number of nitrogens with one attached hydrogen (secondary N) is 2. The summed E-state index contributed by atoms with van der Waals surface area (Å²) in [7, 11) is 0. The van der Waals surface area contributed by atoms with Crippen LogP contribution in [0.15, 0.2) is 60.7 Å². The molecule has 3 saturated heterocycles. The molecule has 0 radical (unpaired) electrons. The molecule has 8 heteroatoms. The topological polar surface area (TPSA) is 98.7 Å². The van der Waals surface area contributed by atoms with Crippen molar-refractivity contribution in [1.29, 1.82) is 0 Å². The molecule has 3 N–H and O–H groups in total. The number of carbonyl (C=O) groups is 3. The molecule has 0 aromatic heterocycles. The lowest BCUT2D eigenvalue weighted by atomic mass is 9.66. The second-order valence-corrected chi connectivity index (χ2v) is 12.7. The SMILES string of the molecule is CCCCCNC(=O)C1N([C@@H](CO)Cc2ccccc2)C(=O)[C@@H]2[C@@H](C(=O)Nc3ccccc3)[C@H]3CC(C)C12S3. The first kappa shape index (κ1) is 27.7. The maximum atomic E-state index is 14.4. The van der Waals surface area contributed by atoms with Crippen LogP contribution in [0.4, 0.5) is 5.69 Å². The third kappa shape index (κ3) is 4.97. The molecule has 1 spiro atoms. The molecule has 39 heavy (non-hydrogen) atoms. The molecular formula is C31H39N3O4S. The summed E-state index contributed by atoms with van der Waals surface area (Å²) in [5, 5.41) is 16.7. The van der Waals surface area contributed by atoms with Crippen LogP contribution in [0.25, 0.3) is 0 Å². The first-order chi connectivity index (χ1) is 18.9. The van der Waals surface area contributed by atoms with Crippen molar-refractivity contribution in [1.82, 2.24) is 10.2 Å². The van der Waals surface area contributed by atoms with Crippen molar-refractivity contribution < 1.29 is 19.5 Å². The van der Waals surface area contributed by atoms with E-state index < -0.39 is 28.7 Å². The lowest BCUT2D eigenvalue weighted by Crippen LogP contribution is -2.58. The molecule has 3 unspecified atom stereocenters. The van der Waals surface area contributed by atoms with Crippen LogP contribution in [0, 0.1) is 17.8 Å². The smallest absolute Gasteiger partial charge is 0.244 e. The number of unbranched alkanes of at least 4 members (excludes halogenated alkanes) is 2. The van der Waals surface area contributed by atoms with Gasteiger partial charge in [-0.3, -0.25) is 14.4 Å². The number of fused-ring (bicyclic) bond motifs is 1. The van der Waals surface area contributed by atoms with Gasteiger partial charge in [0.25, 0.3) is 0 Å². The molecular weight excluding hydrogens is 510 g/mol. The van der Waals surface area contributed by atoms with Gasteiger partial charge in [0, 0.05) is 17.5 Å². The number of thioether (sulfide) groups is 1. The van der Waals surface area contributed by atoms with E-state index in [1.54, 1.807) is 16.7 Å². The zero-order valence-corrected chi connectivity index (χ0v) is 23.5. The van der Waals surface area contributed by atoms with E-state index in [-0.39, 0.29) is 35.5 Å². The molecule has 2 aromatic rings. The minimum absolute atomic E-state index is 0.0306. The molecule has 3 aliphatic heterocycles. The van der Waals surface area contributed by atoms with Crippen LogP contribution < -0.4 is 10.6 Å². The standard InChI is InChI=1S/C31H39N3O4S/c1-3-4-11-16-32-29(37)27-31-20(2)17-24(39-31)25(28(36)33-22-14-9-6-10-15-22)26(31)30(38)34(27)23(19-35)18-21-12-7-5-8-13-21/h5-10,12-15,20,23-27,35H,3-4,11,16-19H2,1-2H3,(H,32,37)(H,33,36)/t20?,23-,24-,25+,26+,27?,31?/m1/s1. The molecule has 3 aliphatic rings. The van der Waals surface area contributed by atoms with E-state index in [9.17, 15) is 19.5 Å². The van der Waals surface area contributed by atoms with E-state index in [2.05, 4.69) is 24.5 Å². The van der Waals surface area contributed by atoms with Crippen molar-refractivity contribution in [2.45, 2.75) is 68.0 Å². The molecule has 2 bridgehead atoms. The van der Waals surface area contributed by atoms with Crippen molar-refractivity contribution in [2.75, 3.05) is 18.5 Å². The van der Waals surface area contributed by atoms with Crippen LogP contribution in [0.3, 0.4) is 0 Å². The summed E-state index contributed by atoms with van der Waals surface area (Å²) in [6.45, 7) is 4.53. The molecule has 3 amide bonds. The number of aliphatic hydroxyl groups is 1. The number of anilines is 1. The molecule has 7 nitrogen and oxygen atoms in total. The minimum atomic E-state index is -0.739. The van der Waals surface area contributed by atoms with Gasteiger partial charge in [-0.25, -0.2) is 0 Å². The summed E-state index contributed by atoms with van der Waals surface area (Å²) in [5.74, 6) is -1.59. The quantitative estimate of drug-likeness (QED) is 0.370. The number of para-hydroxylation sites is 1. The van der Waals surface area contributed by atoms with Gasteiger partial charge in [-0.1, -0.05) is 75.2 Å². The Morgan fingerprint density at radius 2 is 1.77 bits per heavy atom. The second kappa shape index (κ2) is 11.7. The van der Waals surface area contributed by atoms with E-state index in [0.717, 1.165) is 31.2 Å². The van der Waals surface area contributed by atoms with Crippen LogP contribution in [-0.4, -0.2) is 63.0 Å². The van der Waals surface area contributed by atoms with Gasteiger partial charge in [0.05, 0.1) is 29.2 Å². The van der Waals surface area contributed by atoms with Gasteiger partial charge in [0.15, 0.2) is 0 Å². The number of hydrogen-bond acceptors (Lipinski definition) is 5. The van der Waals surface area contributed by atoms with Gasteiger partial charge < -0.3 is 20.6 Å². The Bertz CT molecular complexity index is 1180. The fourth-order valence-electron chi connectivity index (χ4n) is 7.02. The number of carbonyl (C=O) groups excluding carboxylic acids is 3. The average Bonchev–Trinajstić information content (AvgIpc) is 3.54. The number of nitrogens with zero attached hydrogens (tertiary/aromatic N) is 1. The number of rotatable bonds is 11. The average molecular weight is 550 g/mol. The van der Waals surface area contributed by atoms with Gasteiger partial charge in [-0.05, 0) is 42.9 Å². The lowest BCUT2D eigenvalue weighted by molar-refractivity contribution is -0.142. The largest absolute Gasteiger partial charge is 0.394 e. The van der Waals surface area contributed by atoms with Gasteiger partial charge in [0.2, 0.25) is 17.7 Å². The van der Waals surface area contributed by atoms with Crippen LogP contribution in [0.1, 0.15) is 45.1 Å². The fourth-order valence-corrected chi connectivity index (χ4v) is 9.43. The van der Waals surface area contributed by atoms with E-state index in [0.29, 0.717) is 18.7 Å².